The molecule has 92 valence electrons. The van der Waals surface area contributed by atoms with Crippen LogP contribution >= 0.6 is 0 Å². The van der Waals surface area contributed by atoms with E-state index >= 15 is 0 Å². The first kappa shape index (κ1) is 15.6. The van der Waals surface area contributed by atoms with Crippen LogP contribution in [0.5, 0.6) is 0 Å². The maximum Gasteiger partial charge on any atom is 0.198 e. The molecule has 0 aliphatic heterocycles. The van der Waals surface area contributed by atoms with Crippen molar-refractivity contribution in [3.05, 3.63) is 0 Å². The van der Waals surface area contributed by atoms with Gasteiger partial charge in [0.1, 0.15) is 16.5 Å². The molecule has 0 saturated carbocycles. The van der Waals surface area contributed by atoms with Gasteiger partial charge in [-0.1, -0.05) is 39.3 Å². The predicted octanol–water partition coefficient (Wildman–Crippen LogP) is 3.35. The second-order valence-electron chi connectivity index (χ2n) is 6.89. The lowest BCUT2D eigenvalue weighted by molar-refractivity contribution is 0.394. The number of rotatable bonds is 5. The van der Waals surface area contributed by atoms with Gasteiger partial charge in [-0.15, -0.1) is 0 Å². The van der Waals surface area contributed by atoms with Gasteiger partial charge in [0, 0.05) is 13.3 Å². The molecule has 5 heteroatoms. The Bertz CT molecular complexity index is 192. The molecule has 0 aromatic rings. The minimum atomic E-state index is -1.46. The summed E-state index contributed by atoms with van der Waals surface area (Å²) in [6.07, 6.45) is 1.20. The number of hydrogen-bond donors (Lipinski definition) is 0. The van der Waals surface area contributed by atoms with Crippen LogP contribution in [0, 0.1) is 0 Å². The average Bonchev–Trinajstić information content (AvgIpc) is 1.96. The van der Waals surface area contributed by atoms with Crippen molar-refractivity contribution in [1.29, 1.82) is 0 Å². The van der Waals surface area contributed by atoms with Crippen molar-refractivity contribution in [2.75, 3.05) is 13.3 Å². The summed E-state index contributed by atoms with van der Waals surface area (Å²) in [4.78, 5) is 0. The van der Waals surface area contributed by atoms with Gasteiger partial charge in [-0.05, 0) is 13.1 Å². The molecular formula is C10H29NOSi3. The highest BCUT2D eigenvalue weighted by Gasteiger charge is 2.38. The van der Waals surface area contributed by atoms with Crippen LogP contribution in [0.25, 0.3) is 0 Å². The van der Waals surface area contributed by atoms with Crippen LogP contribution in [0.1, 0.15) is 0 Å². The molecule has 0 spiro atoms. The third-order valence-electron chi connectivity index (χ3n) is 2.71. The third kappa shape index (κ3) is 5.44. The monoisotopic (exact) mass is 263 g/mol. The van der Waals surface area contributed by atoms with Crippen molar-refractivity contribution in [2.45, 2.75) is 52.4 Å². The Labute approximate surface area is 99.3 Å². The normalized spacial score (nSPS) is 14.8. The third-order valence-corrected chi connectivity index (χ3v) is 13.1. The average molecular weight is 264 g/mol. The summed E-state index contributed by atoms with van der Waals surface area (Å²) in [5.74, 6) is 0. The van der Waals surface area contributed by atoms with Crippen molar-refractivity contribution < 1.29 is 4.43 Å². The van der Waals surface area contributed by atoms with Crippen LogP contribution in [0.4, 0.5) is 0 Å². The smallest absolute Gasteiger partial charge is 0.198 e. The van der Waals surface area contributed by atoms with E-state index in [0.29, 0.717) is 0 Å². The molecule has 0 fully saturated rings. The molecule has 2 nitrogen and oxygen atoms in total. The molecule has 0 atom stereocenters. The van der Waals surface area contributed by atoms with Crippen molar-refractivity contribution in [1.82, 2.24) is 4.23 Å². The summed E-state index contributed by atoms with van der Waals surface area (Å²) in [6, 6.07) is 0. The molecule has 0 unspecified atom stereocenters. The predicted molar refractivity (Wildman–Crippen MR) is 77.9 cm³/mol. The molecule has 0 heterocycles. The SMILES string of the molecule is CO[Si](C)(C)CN([Si](C)(C)C)[Si](C)(C)C. The van der Waals surface area contributed by atoms with E-state index in [1.807, 2.05) is 7.11 Å². The minimum absolute atomic E-state index is 1.20. The first-order valence-electron chi connectivity index (χ1n) is 5.73. The Morgan fingerprint density at radius 3 is 1.33 bits per heavy atom. The highest BCUT2D eigenvalue weighted by Crippen LogP contribution is 2.22. The van der Waals surface area contributed by atoms with E-state index < -0.39 is 24.8 Å². The van der Waals surface area contributed by atoms with Crippen LogP contribution in [-0.2, 0) is 4.43 Å². The van der Waals surface area contributed by atoms with E-state index in [9.17, 15) is 0 Å². The van der Waals surface area contributed by atoms with Crippen molar-refractivity contribution in [3.8, 4) is 0 Å². The largest absolute Gasteiger partial charge is 0.419 e. The molecule has 0 N–H and O–H groups in total. The van der Waals surface area contributed by atoms with Crippen molar-refractivity contribution >= 4 is 24.8 Å². The lowest BCUT2D eigenvalue weighted by Gasteiger charge is -2.46. The first-order chi connectivity index (χ1) is 6.40. The fourth-order valence-electron chi connectivity index (χ4n) is 1.93. The topological polar surface area (TPSA) is 12.5 Å². The molecule has 0 radical (unpaired) electrons. The van der Waals surface area contributed by atoms with Crippen LogP contribution in [0.3, 0.4) is 0 Å². The highest BCUT2D eigenvalue weighted by atomic mass is 28.4. The molecule has 15 heavy (non-hydrogen) atoms. The van der Waals surface area contributed by atoms with Crippen LogP contribution in [0.2, 0.25) is 52.4 Å². The van der Waals surface area contributed by atoms with Gasteiger partial charge in [-0.25, -0.2) is 0 Å². The van der Waals surface area contributed by atoms with Gasteiger partial charge in [-0.3, -0.25) is 0 Å². The van der Waals surface area contributed by atoms with Gasteiger partial charge in [-0.2, -0.15) is 0 Å². The minimum Gasteiger partial charge on any atom is -0.419 e. The Hall–Kier alpha value is 0.571. The summed E-state index contributed by atoms with van der Waals surface area (Å²) in [7, 11) is -1.99. The Morgan fingerprint density at radius 1 is 0.800 bits per heavy atom. The quantitative estimate of drug-likeness (QED) is 0.705. The second kappa shape index (κ2) is 4.83. The van der Waals surface area contributed by atoms with Crippen molar-refractivity contribution in [2.24, 2.45) is 0 Å². The molecular weight excluding hydrogens is 234 g/mol. The van der Waals surface area contributed by atoms with Crippen molar-refractivity contribution in [3.63, 3.8) is 0 Å². The number of hydrogen-bond acceptors (Lipinski definition) is 2. The zero-order valence-corrected chi connectivity index (χ0v) is 15.1. The maximum absolute atomic E-state index is 5.70. The Morgan fingerprint density at radius 2 is 1.13 bits per heavy atom. The second-order valence-corrected chi connectivity index (χ2v) is 21.3. The lowest BCUT2D eigenvalue weighted by Crippen LogP contribution is -2.64. The van der Waals surface area contributed by atoms with E-state index in [1.54, 1.807) is 0 Å². The van der Waals surface area contributed by atoms with Gasteiger partial charge >= 0.3 is 0 Å². The molecule has 0 aliphatic carbocycles. The molecule has 0 amide bonds. The Kier molecular flexibility index (Phi) is 5.01. The highest BCUT2D eigenvalue weighted by molar-refractivity contribution is 6.91. The van der Waals surface area contributed by atoms with Crippen LogP contribution in [0.15, 0.2) is 0 Å². The molecule has 0 aromatic heterocycles. The zero-order valence-electron chi connectivity index (χ0n) is 12.1. The molecule has 0 saturated heterocycles. The summed E-state index contributed by atoms with van der Waals surface area (Å²) < 4.78 is 8.53. The van der Waals surface area contributed by atoms with E-state index in [2.05, 4.69) is 56.6 Å². The maximum atomic E-state index is 5.70. The van der Waals surface area contributed by atoms with E-state index in [0.717, 1.165) is 0 Å². The Balaban J connectivity index is 4.85. The van der Waals surface area contributed by atoms with E-state index in [1.165, 1.54) is 6.17 Å². The molecule has 0 aromatic carbocycles. The summed E-state index contributed by atoms with van der Waals surface area (Å²) >= 11 is 0. The van der Waals surface area contributed by atoms with E-state index in [-0.39, 0.29) is 0 Å². The standard InChI is InChI=1S/C10H29NOSi3/c1-12-15(8,9)10-11(13(2,3)4)14(5,6)7/h10H2,1-9H3. The van der Waals surface area contributed by atoms with Gasteiger partial charge in [0.15, 0.2) is 8.32 Å². The molecule has 0 bridgehead atoms. The van der Waals surface area contributed by atoms with Gasteiger partial charge in [0.25, 0.3) is 0 Å². The van der Waals surface area contributed by atoms with Gasteiger partial charge in [0.05, 0.1) is 0 Å². The summed E-state index contributed by atoms with van der Waals surface area (Å²) in [6.45, 7) is 19.3. The van der Waals surface area contributed by atoms with Gasteiger partial charge < -0.3 is 8.66 Å². The van der Waals surface area contributed by atoms with E-state index in [4.69, 9.17) is 4.43 Å². The van der Waals surface area contributed by atoms with Gasteiger partial charge in [0.2, 0.25) is 0 Å². The fraction of sp³-hybridized carbons (Fsp3) is 1.00. The fourth-order valence-corrected chi connectivity index (χ4v) is 16.9. The first-order valence-corrected chi connectivity index (χ1v) is 15.7. The van der Waals surface area contributed by atoms with Crippen LogP contribution < -0.4 is 0 Å². The zero-order chi connectivity index (χ0) is 12.5. The summed E-state index contributed by atoms with van der Waals surface area (Å²) in [5, 5.41) is 0. The lowest BCUT2D eigenvalue weighted by atomic mass is 11.5. The number of nitrogens with zero attached hydrogens (tertiary/aromatic N) is 1. The molecule has 0 rings (SSSR count). The summed E-state index contributed by atoms with van der Waals surface area (Å²) in [5.41, 5.74) is 0. The van der Waals surface area contributed by atoms with Crippen LogP contribution in [-0.4, -0.2) is 42.3 Å². The molecule has 0 aliphatic rings.